The zero-order valence-electron chi connectivity index (χ0n) is 7.81. The highest BCUT2D eigenvalue weighted by molar-refractivity contribution is 5.85. The van der Waals surface area contributed by atoms with E-state index in [4.69, 9.17) is 0 Å². The molecule has 1 N–H and O–H groups in total. The van der Waals surface area contributed by atoms with Gasteiger partial charge in [0.2, 0.25) is 0 Å². The molecule has 0 aliphatic carbocycles. The molecule has 0 aliphatic heterocycles. The van der Waals surface area contributed by atoms with Crippen molar-refractivity contribution in [1.82, 2.24) is 5.32 Å². The predicted octanol–water partition coefficient (Wildman–Crippen LogP) is 3.11. The van der Waals surface area contributed by atoms with Crippen LogP contribution >= 0.6 is 12.4 Å². The van der Waals surface area contributed by atoms with Crippen molar-refractivity contribution in [3.8, 4) is 0 Å². The van der Waals surface area contributed by atoms with Gasteiger partial charge in [-0.3, -0.25) is 0 Å². The molecule has 11 heavy (non-hydrogen) atoms. The van der Waals surface area contributed by atoms with Crippen LogP contribution in [0.4, 0.5) is 0 Å². The molecule has 0 unspecified atom stereocenters. The molecule has 0 saturated heterocycles. The van der Waals surface area contributed by atoms with Gasteiger partial charge in [0.1, 0.15) is 0 Å². The Kier molecular flexibility index (Phi) is 12.0. The zero-order chi connectivity index (χ0) is 7.82. The molecule has 0 aromatic carbocycles. The lowest BCUT2D eigenvalue weighted by molar-refractivity contribution is 0.708. The highest BCUT2D eigenvalue weighted by Crippen LogP contribution is 1.91. The summed E-state index contributed by atoms with van der Waals surface area (Å²) in [5.41, 5.74) is 1.32. The second-order valence-corrected chi connectivity index (χ2v) is 2.58. The molecule has 0 radical (unpaired) electrons. The van der Waals surface area contributed by atoms with E-state index in [0.29, 0.717) is 0 Å². The molecule has 0 fully saturated rings. The van der Waals surface area contributed by atoms with Gasteiger partial charge in [-0.2, -0.15) is 0 Å². The topological polar surface area (TPSA) is 12.0 Å². The Morgan fingerprint density at radius 1 is 1.36 bits per heavy atom. The Bertz CT molecular complexity index is 99.7. The Balaban J connectivity index is 0. The summed E-state index contributed by atoms with van der Waals surface area (Å²) in [5.74, 6) is 0. The van der Waals surface area contributed by atoms with Gasteiger partial charge in [-0.25, -0.2) is 0 Å². The number of hydrogen-bond acceptors (Lipinski definition) is 1. The first-order chi connectivity index (χ1) is 4.81. The van der Waals surface area contributed by atoms with Crippen molar-refractivity contribution in [1.29, 1.82) is 0 Å². The van der Waals surface area contributed by atoms with Gasteiger partial charge in [0, 0.05) is 12.2 Å². The fraction of sp³-hybridized carbons (Fsp3) is 0.778. The van der Waals surface area contributed by atoms with E-state index in [1.807, 2.05) is 0 Å². The fourth-order valence-electron chi connectivity index (χ4n) is 0.841. The maximum absolute atomic E-state index is 3.35. The van der Waals surface area contributed by atoms with Gasteiger partial charge in [0.05, 0.1) is 0 Å². The largest absolute Gasteiger partial charge is 0.389 e. The Morgan fingerprint density at radius 2 is 2.00 bits per heavy atom. The molecular weight excluding hydrogens is 158 g/mol. The van der Waals surface area contributed by atoms with Crippen LogP contribution in [-0.2, 0) is 0 Å². The Labute approximate surface area is 76.7 Å². The lowest BCUT2D eigenvalue weighted by Crippen LogP contribution is -2.11. The first-order valence-corrected chi connectivity index (χ1v) is 4.21. The molecule has 1 nitrogen and oxygen atoms in total. The van der Waals surface area contributed by atoms with Crippen molar-refractivity contribution in [3.63, 3.8) is 0 Å². The van der Waals surface area contributed by atoms with Crippen LogP contribution in [0, 0.1) is 0 Å². The van der Waals surface area contributed by atoms with Gasteiger partial charge in [-0.15, -0.1) is 12.4 Å². The van der Waals surface area contributed by atoms with Crippen molar-refractivity contribution < 1.29 is 0 Å². The molecule has 0 rings (SSSR count). The predicted molar refractivity (Wildman–Crippen MR) is 54.2 cm³/mol. The minimum absolute atomic E-state index is 0. The van der Waals surface area contributed by atoms with Gasteiger partial charge < -0.3 is 5.32 Å². The number of hydrogen-bond donors (Lipinski definition) is 1. The molecule has 0 aromatic rings. The summed E-state index contributed by atoms with van der Waals surface area (Å²) in [6.45, 7) is 7.61. The van der Waals surface area contributed by atoms with Crippen LogP contribution < -0.4 is 5.32 Å². The Hall–Kier alpha value is -0.170. The summed E-state index contributed by atoms with van der Waals surface area (Å²) in [5, 5.41) is 3.35. The minimum atomic E-state index is 0. The van der Waals surface area contributed by atoms with Crippen LogP contribution in [0.3, 0.4) is 0 Å². The molecule has 2 heteroatoms. The molecule has 0 bridgehead atoms. The van der Waals surface area contributed by atoms with Crippen LogP contribution in [0.1, 0.15) is 40.0 Å². The van der Waals surface area contributed by atoms with Crippen molar-refractivity contribution >= 4 is 12.4 Å². The van der Waals surface area contributed by atoms with E-state index < -0.39 is 0 Å². The summed E-state index contributed by atoms with van der Waals surface area (Å²) >= 11 is 0. The number of unbranched alkanes of at least 4 members (excludes halogenated alkanes) is 1. The normalized spacial score (nSPS) is 10.6. The molecule has 0 saturated carbocycles. The molecule has 0 atom stereocenters. The van der Waals surface area contributed by atoms with Crippen molar-refractivity contribution in [2.24, 2.45) is 0 Å². The molecule has 68 valence electrons. The highest BCUT2D eigenvalue weighted by Gasteiger charge is 1.84. The van der Waals surface area contributed by atoms with E-state index in [-0.39, 0.29) is 12.4 Å². The van der Waals surface area contributed by atoms with Gasteiger partial charge in [-0.1, -0.05) is 26.3 Å². The molecule has 0 aliphatic rings. The van der Waals surface area contributed by atoms with Crippen LogP contribution in [0.15, 0.2) is 11.8 Å². The number of halogens is 1. The molecule has 0 aromatic heterocycles. The van der Waals surface area contributed by atoms with Gasteiger partial charge in [0.15, 0.2) is 0 Å². The number of allylic oxidation sites excluding steroid dienone is 2. The van der Waals surface area contributed by atoms with Crippen LogP contribution in [0.2, 0.25) is 0 Å². The highest BCUT2D eigenvalue weighted by atomic mass is 35.5. The third-order valence-electron chi connectivity index (χ3n) is 1.44. The summed E-state index contributed by atoms with van der Waals surface area (Å²) in [4.78, 5) is 0. The van der Waals surface area contributed by atoms with E-state index in [1.165, 1.54) is 18.5 Å². The van der Waals surface area contributed by atoms with Crippen molar-refractivity contribution in [3.05, 3.63) is 11.8 Å². The second-order valence-electron chi connectivity index (χ2n) is 2.58. The molecule has 0 spiro atoms. The third kappa shape index (κ3) is 9.83. The lowest BCUT2D eigenvalue weighted by Gasteiger charge is -2.03. The maximum atomic E-state index is 3.35. The third-order valence-corrected chi connectivity index (χ3v) is 1.44. The summed E-state index contributed by atoms with van der Waals surface area (Å²) < 4.78 is 0. The van der Waals surface area contributed by atoms with E-state index >= 15 is 0 Å². The van der Waals surface area contributed by atoms with Gasteiger partial charge >= 0.3 is 0 Å². The smallest absolute Gasteiger partial charge is 0.0143 e. The average molecular weight is 178 g/mol. The lowest BCUT2D eigenvalue weighted by atomic mass is 10.3. The van der Waals surface area contributed by atoms with Crippen molar-refractivity contribution in [2.75, 3.05) is 6.54 Å². The SMILES string of the molecule is CC/C=C(\C)NCCCC.Cl. The molecule has 0 heterocycles. The second kappa shape index (κ2) is 9.83. The Morgan fingerprint density at radius 3 is 2.45 bits per heavy atom. The van der Waals surface area contributed by atoms with Crippen molar-refractivity contribution in [2.45, 2.75) is 40.0 Å². The van der Waals surface area contributed by atoms with Crippen LogP contribution in [0.5, 0.6) is 0 Å². The summed E-state index contributed by atoms with van der Waals surface area (Å²) in [6.07, 6.45) is 5.89. The monoisotopic (exact) mass is 177 g/mol. The average Bonchev–Trinajstić information content (AvgIpc) is 1.89. The first kappa shape index (κ1) is 13.4. The van der Waals surface area contributed by atoms with E-state index in [2.05, 4.69) is 32.2 Å². The number of nitrogens with one attached hydrogen (secondary N) is 1. The van der Waals surface area contributed by atoms with E-state index in [1.54, 1.807) is 0 Å². The zero-order valence-corrected chi connectivity index (χ0v) is 8.63. The van der Waals surface area contributed by atoms with Crippen LogP contribution in [-0.4, -0.2) is 6.54 Å². The summed E-state index contributed by atoms with van der Waals surface area (Å²) in [7, 11) is 0. The van der Waals surface area contributed by atoms with E-state index in [9.17, 15) is 0 Å². The maximum Gasteiger partial charge on any atom is 0.0143 e. The first-order valence-electron chi connectivity index (χ1n) is 4.21. The number of rotatable bonds is 5. The standard InChI is InChI=1S/C9H19N.ClH/c1-4-6-8-10-9(3)7-5-2;/h7,10H,4-6,8H2,1-3H3;1H/b9-7+;. The minimum Gasteiger partial charge on any atom is -0.389 e. The quantitative estimate of drug-likeness (QED) is 0.637. The van der Waals surface area contributed by atoms with Gasteiger partial charge in [0.25, 0.3) is 0 Å². The van der Waals surface area contributed by atoms with Crippen LogP contribution in [0.25, 0.3) is 0 Å². The van der Waals surface area contributed by atoms with Gasteiger partial charge in [-0.05, 0) is 19.8 Å². The molecular formula is C9H20ClN. The fourth-order valence-corrected chi connectivity index (χ4v) is 0.841. The molecule has 0 amide bonds. The van der Waals surface area contributed by atoms with E-state index in [0.717, 1.165) is 13.0 Å². The summed E-state index contributed by atoms with van der Waals surface area (Å²) in [6, 6.07) is 0.